The second kappa shape index (κ2) is 7.28. The molecule has 1 aromatic heterocycles. The Hall–Kier alpha value is -2.68. The normalized spacial score (nSPS) is 11.3. The Labute approximate surface area is 151 Å². The molecule has 0 fully saturated rings. The van der Waals surface area contributed by atoms with Crippen molar-refractivity contribution >= 4 is 33.7 Å². The highest BCUT2D eigenvalue weighted by molar-refractivity contribution is 7.81. The molecule has 0 aliphatic heterocycles. The first-order valence-corrected chi connectivity index (χ1v) is 7.86. The molecule has 4 nitrogen and oxygen atoms in total. The largest absolute Gasteiger partial charge is 0.435 e. The Morgan fingerprint density at radius 3 is 2.65 bits per heavy atom. The van der Waals surface area contributed by atoms with E-state index in [1.54, 1.807) is 24.3 Å². The summed E-state index contributed by atoms with van der Waals surface area (Å²) >= 11 is 5.24. The minimum atomic E-state index is -2.95. The van der Waals surface area contributed by atoms with E-state index in [-0.39, 0.29) is 16.3 Å². The van der Waals surface area contributed by atoms with Crippen LogP contribution in [0.1, 0.15) is 17.7 Å². The summed E-state index contributed by atoms with van der Waals surface area (Å²) in [5, 5.41) is 7.92. The molecule has 3 rings (SSSR count). The lowest BCUT2D eigenvalue weighted by atomic mass is 10.1. The van der Waals surface area contributed by atoms with Crippen molar-refractivity contribution < 1.29 is 22.3 Å². The van der Waals surface area contributed by atoms with Gasteiger partial charge in [0.05, 0.1) is 5.56 Å². The highest BCUT2D eigenvalue weighted by Gasteiger charge is 2.21. The number of benzene rings is 2. The van der Waals surface area contributed by atoms with Crippen molar-refractivity contribution in [2.24, 2.45) is 7.05 Å². The average molecular weight is 383 g/mol. The van der Waals surface area contributed by atoms with Gasteiger partial charge in [0.1, 0.15) is 16.4 Å². The van der Waals surface area contributed by atoms with Gasteiger partial charge in [-0.1, -0.05) is 30.4 Å². The topological polar surface area (TPSA) is 39.1 Å². The smallest absolute Gasteiger partial charge is 0.387 e. The van der Waals surface area contributed by atoms with Crippen molar-refractivity contribution in [1.82, 2.24) is 9.78 Å². The Morgan fingerprint density at radius 2 is 1.96 bits per heavy atom. The van der Waals surface area contributed by atoms with Crippen LogP contribution in [0.5, 0.6) is 5.75 Å². The number of hydrogen-bond donors (Lipinski definition) is 1. The molecule has 1 heterocycles. The summed E-state index contributed by atoms with van der Waals surface area (Å²) in [7, 11) is 1.52. The minimum Gasteiger partial charge on any atom is -0.435 e. The summed E-state index contributed by atoms with van der Waals surface area (Å²) in [5.74, 6) is -0.0117. The lowest BCUT2D eigenvalue weighted by Gasteiger charge is -2.12. The maximum atomic E-state index is 13.1. The molecule has 136 valence electrons. The maximum Gasteiger partial charge on any atom is 0.387 e. The van der Waals surface area contributed by atoms with Gasteiger partial charge in [-0.2, -0.15) is 13.9 Å². The number of rotatable bonds is 5. The number of aromatic nitrogens is 2. The maximum absolute atomic E-state index is 13.1. The monoisotopic (exact) mass is 383 g/mol. The Kier molecular flexibility index (Phi) is 5.08. The number of nitrogens with one attached hydrogen (secondary N) is 1. The van der Waals surface area contributed by atoms with Gasteiger partial charge in [-0.3, -0.25) is 4.68 Å². The van der Waals surface area contributed by atoms with Crippen LogP contribution in [0, 0.1) is 0 Å². The number of anilines is 1. The molecule has 3 aromatic rings. The molecule has 0 unspecified atom stereocenters. The molecular formula is C17H13F4N3OS. The van der Waals surface area contributed by atoms with Gasteiger partial charge in [0.25, 0.3) is 6.43 Å². The van der Waals surface area contributed by atoms with Crippen molar-refractivity contribution in [2.45, 2.75) is 13.0 Å². The van der Waals surface area contributed by atoms with E-state index < -0.39 is 18.7 Å². The molecule has 0 aliphatic carbocycles. The number of halogens is 4. The van der Waals surface area contributed by atoms with Crippen molar-refractivity contribution in [1.29, 1.82) is 0 Å². The summed E-state index contributed by atoms with van der Waals surface area (Å²) in [5.41, 5.74) is 0.165. The number of nitrogens with zero attached hydrogens (tertiary/aromatic N) is 2. The van der Waals surface area contributed by atoms with Crippen LogP contribution < -0.4 is 10.1 Å². The minimum absolute atomic E-state index is 0.0117. The fourth-order valence-corrected chi connectivity index (χ4v) is 2.84. The van der Waals surface area contributed by atoms with Crippen molar-refractivity contribution in [3.05, 3.63) is 53.9 Å². The Morgan fingerprint density at radius 1 is 1.19 bits per heavy atom. The van der Waals surface area contributed by atoms with Crippen LogP contribution in [0.15, 0.2) is 42.6 Å². The van der Waals surface area contributed by atoms with E-state index in [0.717, 1.165) is 5.39 Å². The number of hydrogen-bond acceptors (Lipinski definition) is 3. The predicted molar refractivity (Wildman–Crippen MR) is 94.1 cm³/mol. The fourth-order valence-electron chi connectivity index (χ4n) is 2.57. The Bertz CT molecular complexity index is 958. The van der Waals surface area contributed by atoms with Gasteiger partial charge >= 0.3 is 6.61 Å². The van der Waals surface area contributed by atoms with E-state index in [1.165, 1.54) is 30.1 Å². The SMILES string of the molecule is Cn1cc(C(=S)Nc2cccc3ccc(OC(F)F)cc23)c(C(F)F)n1. The molecule has 2 aromatic carbocycles. The molecule has 0 saturated carbocycles. The van der Waals surface area contributed by atoms with Crippen LogP contribution in [0.4, 0.5) is 23.2 Å². The van der Waals surface area contributed by atoms with Crippen molar-refractivity contribution in [3.8, 4) is 5.75 Å². The molecule has 9 heteroatoms. The van der Waals surface area contributed by atoms with Gasteiger partial charge in [0, 0.05) is 24.3 Å². The standard InChI is InChI=1S/C17H13F4N3OS/c1-24-8-12(14(23-24)15(18)19)16(26)22-13-4-2-3-9-5-6-10(7-11(9)13)25-17(20)21/h2-8,15,17H,1H3,(H,22,26). The average Bonchev–Trinajstić information content (AvgIpc) is 2.97. The molecule has 0 radical (unpaired) electrons. The van der Waals surface area contributed by atoms with Crippen molar-refractivity contribution in [2.75, 3.05) is 5.32 Å². The van der Waals surface area contributed by atoms with Gasteiger partial charge in [0.2, 0.25) is 0 Å². The highest BCUT2D eigenvalue weighted by atomic mass is 32.1. The molecule has 0 aliphatic rings. The van der Waals surface area contributed by atoms with Gasteiger partial charge in [0.15, 0.2) is 0 Å². The van der Waals surface area contributed by atoms with Crippen LogP contribution in [0.3, 0.4) is 0 Å². The quantitative estimate of drug-likeness (QED) is 0.503. The van der Waals surface area contributed by atoms with E-state index in [9.17, 15) is 17.6 Å². The summed E-state index contributed by atoms with van der Waals surface area (Å²) in [6, 6.07) is 9.66. The number of alkyl halides is 4. The van der Waals surface area contributed by atoms with Crippen LogP contribution >= 0.6 is 12.2 Å². The third-order valence-electron chi connectivity index (χ3n) is 3.64. The van der Waals surface area contributed by atoms with Gasteiger partial charge in [-0.05, 0) is 23.6 Å². The number of fused-ring (bicyclic) bond motifs is 1. The predicted octanol–water partition coefficient (Wildman–Crippen LogP) is 4.90. The lowest BCUT2D eigenvalue weighted by molar-refractivity contribution is -0.0497. The summed E-state index contributed by atoms with van der Waals surface area (Å²) < 4.78 is 56.8. The van der Waals surface area contributed by atoms with Gasteiger partial charge < -0.3 is 10.1 Å². The van der Waals surface area contributed by atoms with Crippen LogP contribution in [-0.2, 0) is 7.05 Å². The van der Waals surface area contributed by atoms with Crippen LogP contribution in [-0.4, -0.2) is 21.4 Å². The number of aryl methyl sites for hydroxylation is 1. The van der Waals surface area contributed by atoms with E-state index in [0.29, 0.717) is 11.1 Å². The zero-order valence-electron chi connectivity index (χ0n) is 13.4. The molecular weight excluding hydrogens is 370 g/mol. The first-order valence-electron chi connectivity index (χ1n) is 7.46. The summed E-state index contributed by atoms with van der Waals surface area (Å²) in [4.78, 5) is 0.0566. The van der Waals surface area contributed by atoms with E-state index in [2.05, 4.69) is 15.2 Å². The van der Waals surface area contributed by atoms with Crippen molar-refractivity contribution in [3.63, 3.8) is 0 Å². The zero-order valence-corrected chi connectivity index (χ0v) is 14.2. The third kappa shape index (κ3) is 3.77. The molecule has 0 atom stereocenters. The van der Waals surface area contributed by atoms with E-state index in [4.69, 9.17) is 12.2 Å². The van der Waals surface area contributed by atoms with E-state index in [1.807, 2.05) is 0 Å². The molecule has 0 saturated heterocycles. The Balaban J connectivity index is 1.96. The fraction of sp³-hybridized carbons (Fsp3) is 0.176. The summed E-state index contributed by atoms with van der Waals surface area (Å²) in [6.07, 6.45) is -1.38. The number of ether oxygens (including phenoxy) is 1. The second-order valence-electron chi connectivity index (χ2n) is 5.42. The molecule has 0 spiro atoms. The van der Waals surface area contributed by atoms with Crippen LogP contribution in [0.25, 0.3) is 10.8 Å². The van der Waals surface area contributed by atoms with Gasteiger partial charge in [-0.15, -0.1) is 0 Å². The molecule has 0 amide bonds. The van der Waals surface area contributed by atoms with Gasteiger partial charge in [-0.25, -0.2) is 8.78 Å². The molecule has 26 heavy (non-hydrogen) atoms. The first-order chi connectivity index (χ1) is 12.3. The second-order valence-corrected chi connectivity index (χ2v) is 5.83. The molecule has 1 N–H and O–H groups in total. The zero-order chi connectivity index (χ0) is 18.8. The van der Waals surface area contributed by atoms with E-state index >= 15 is 0 Å². The highest BCUT2D eigenvalue weighted by Crippen LogP contribution is 2.29. The third-order valence-corrected chi connectivity index (χ3v) is 3.96. The summed E-state index contributed by atoms with van der Waals surface area (Å²) in [6.45, 7) is -2.95. The lowest BCUT2D eigenvalue weighted by Crippen LogP contribution is -2.12. The van der Waals surface area contributed by atoms with Crippen LogP contribution in [0.2, 0.25) is 0 Å². The first kappa shape index (κ1) is 18.1. The number of thiocarbonyl (C=S) groups is 1. The molecule has 0 bridgehead atoms.